The molecule has 28 heavy (non-hydrogen) atoms. The highest BCUT2D eigenvalue weighted by Gasteiger charge is 2.32. The second kappa shape index (κ2) is 7.56. The molecule has 0 unspecified atom stereocenters. The van der Waals surface area contributed by atoms with Gasteiger partial charge in [-0.05, 0) is 55.3 Å². The molecular formula is C24H19BrN2O. The SMILES string of the molecule is Cc1ccc(C2=N/C(=C/c3cccc(Br)c3)C(=O)N2c2cccc(C)c2)cc1. The zero-order valence-electron chi connectivity index (χ0n) is 15.7. The Morgan fingerprint density at radius 1 is 0.893 bits per heavy atom. The average Bonchev–Trinajstić information content (AvgIpc) is 2.99. The molecule has 0 atom stereocenters. The summed E-state index contributed by atoms with van der Waals surface area (Å²) in [6.45, 7) is 4.06. The molecule has 4 rings (SSSR count). The molecule has 4 heteroatoms. The first kappa shape index (κ1) is 18.4. The fraction of sp³-hybridized carbons (Fsp3) is 0.0833. The third-order valence-electron chi connectivity index (χ3n) is 4.58. The summed E-state index contributed by atoms with van der Waals surface area (Å²) < 4.78 is 0.963. The highest BCUT2D eigenvalue weighted by atomic mass is 79.9. The summed E-state index contributed by atoms with van der Waals surface area (Å²) in [6.07, 6.45) is 1.83. The average molecular weight is 431 g/mol. The molecule has 0 N–H and O–H groups in total. The van der Waals surface area contributed by atoms with Crippen molar-refractivity contribution in [3.8, 4) is 0 Å². The molecule has 1 heterocycles. The molecule has 1 amide bonds. The number of rotatable bonds is 3. The van der Waals surface area contributed by atoms with Crippen molar-refractivity contribution in [1.82, 2.24) is 0 Å². The Bertz CT molecular complexity index is 1110. The number of benzene rings is 3. The van der Waals surface area contributed by atoms with Crippen LogP contribution >= 0.6 is 15.9 Å². The summed E-state index contributed by atoms with van der Waals surface area (Å²) in [6, 6.07) is 23.8. The van der Waals surface area contributed by atoms with E-state index in [1.807, 2.05) is 92.7 Å². The van der Waals surface area contributed by atoms with Crippen molar-refractivity contribution in [3.63, 3.8) is 0 Å². The van der Waals surface area contributed by atoms with Crippen LogP contribution in [0.3, 0.4) is 0 Å². The number of hydrogen-bond donors (Lipinski definition) is 0. The first-order valence-corrected chi connectivity index (χ1v) is 9.85. The summed E-state index contributed by atoms with van der Waals surface area (Å²) in [4.78, 5) is 19.7. The van der Waals surface area contributed by atoms with E-state index in [0.29, 0.717) is 11.5 Å². The number of halogens is 1. The minimum absolute atomic E-state index is 0.124. The maximum atomic E-state index is 13.3. The summed E-state index contributed by atoms with van der Waals surface area (Å²) in [5.41, 5.74) is 5.35. The van der Waals surface area contributed by atoms with Crippen LogP contribution < -0.4 is 4.90 Å². The van der Waals surface area contributed by atoms with Gasteiger partial charge >= 0.3 is 0 Å². The topological polar surface area (TPSA) is 32.7 Å². The molecule has 1 aliphatic rings. The molecule has 0 saturated carbocycles. The fourth-order valence-electron chi connectivity index (χ4n) is 3.17. The fourth-order valence-corrected chi connectivity index (χ4v) is 3.59. The first-order chi connectivity index (χ1) is 13.5. The van der Waals surface area contributed by atoms with Crippen LogP contribution in [0.25, 0.3) is 6.08 Å². The Labute approximate surface area is 173 Å². The molecule has 138 valence electrons. The zero-order chi connectivity index (χ0) is 19.7. The van der Waals surface area contributed by atoms with Gasteiger partial charge in [-0.2, -0.15) is 0 Å². The second-order valence-electron chi connectivity index (χ2n) is 6.87. The van der Waals surface area contributed by atoms with Crippen LogP contribution in [0.15, 0.2) is 88.0 Å². The predicted molar refractivity (Wildman–Crippen MR) is 119 cm³/mol. The van der Waals surface area contributed by atoms with E-state index in [4.69, 9.17) is 4.99 Å². The maximum absolute atomic E-state index is 13.3. The van der Waals surface area contributed by atoms with Crippen molar-refractivity contribution >= 4 is 39.4 Å². The maximum Gasteiger partial charge on any atom is 0.282 e. The molecule has 0 aromatic heterocycles. The van der Waals surface area contributed by atoms with Gasteiger partial charge in [0.25, 0.3) is 5.91 Å². The minimum atomic E-state index is -0.124. The number of anilines is 1. The Kier molecular flexibility index (Phi) is 4.97. The predicted octanol–water partition coefficient (Wildman–Crippen LogP) is 5.90. The van der Waals surface area contributed by atoms with Crippen LogP contribution in [0.5, 0.6) is 0 Å². The minimum Gasteiger partial charge on any atom is -0.266 e. The number of hydrogen-bond acceptors (Lipinski definition) is 2. The lowest BCUT2D eigenvalue weighted by Gasteiger charge is -2.19. The first-order valence-electron chi connectivity index (χ1n) is 9.05. The third kappa shape index (κ3) is 3.69. The number of aliphatic imine (C=N–C) groups is 1. The van der Waals surface area contributed by atoms with Crippen LogP contribution in [0, 0.1) is 13.8 Å². The molecular weight excluding hydrogens is 412 g/mol. The van der Waals surface area contributed by atoms with Gasteiger partial charge < -0.3 is 0 Å². The van der Waals surface area contributed by atoms with E-state index >= 15 is 0 Å². The van der Waals surface area contributed by atoms with Crippen molar-refractivity contribution in [1.29, 1.82) is 0 Å². The Morgan fingerprint density at radius 2 is 1.64 bits per heavy atom. The van der Waals surface area contributed by atoms with E-state index in [1.54, 1.807) is 4.90 Å². The molecule has 0 radical (unpaired) electrons. The molecule has 0 bridgehead atoms. The summed E-state index contributed by atoms with van der Waals surface area (Å²) in [7, 11) is 0. The number of amidine groups is 1. The smallest absolute Gasteiger partial charge is 0.266 e. The van der Waals surface area contributed by atoms with Crippen molar-refractivity contribution < 1.29 is 4.79 Å². The highest BCUT2D eigenvalue weighted by Crippen LogP contribution is 2.29. The molecule has 0 fully saturated rings. The lowest BCUT2D eigenvalue weighted by molar-refractivity contribution is -0.113. The van der Waals surface area contributed by atoms with Crippen molar-refractivity contribution in [3.05, 3.63) is 105 Å². The van der Waals surface area contributed by atoms with Crippen LogP contribution in [0.2, 0.25) is 0 Å². The van der Waals surface area contributed by atoms with Gasteiger partial charge in [-0.3, -0.25) is 9.69 Å². The molecule has 3 aromatic rings. The number of aryl methyl sites for hydroxylation is 2. The Morgan fingerprint density at radius 3 is 2.36 bits per heavy atom. The van der Waals surface area contributed by atoms with E-state index in [-0.39, 0.29) is 5.91 Å². The van der Waals surface area contributed by atoms with E-state index < -0.39 is 0 Å². The van der Waals surface area contributed by atoms with Gasteiger partial charge in [-0.25, -0.2) is 4.99 Å². The Hall–Kier alpha value is -2.98. The lowest BCUT2D eigenvalue weighted by atomic mass is 10.1. The van der Waals surface area contributed by atoms with Crippen molar-refractivity contribution in [2.75, 3.05) is 4.90 Å². The van der Waals surface area contributed by atoms with E-state index in [2.05, 4.69) is 15.9 Å². The highest BCUT2D eigenvalue weighted by molar-refractivity contribution is 9.10. The Balaban J connectivity index is 1.84. The molecule has 3 aromatic carbocycles. The van der Waals surface area contributed by atoms with Gasteiger partial charge in [0.15, 0.2) is 0 Å². The molecule has 0 saturated heterocycles. The largest absolute Gasteiger partial charge is 0.282 e. The molecule has 0 spiro atoms. The number of amides is 1. The van der Waals surface area contributed by atoms with Gasteiger partial charge in [0.05, 0.1) is 5.69 Å². The van der Waals surface area contributed by atoms with E-state index in [1.165, 1.54) is 5.56 Å². The zero-order valence-corrected chi connectivity index (χ0v) is 17.3. The summed E-state index contributed by atoms with van der Waals surface area (Å²) in [5, 5.41) is 0. The van der Waals surface area contributed by atoms with Crippen molar-refractivity contribution in [2.45, 2.75) is 13.8 Å². The number of carbonyl (C=O) groups excluding carboxylic acids is 1. The number of nitrogens with zero attached hydrogens (tertiary/aromatic N) is 2. The number of carbonyl (C=O) groups is 1. The van der Waals surface area contributed by atoms with Crippen LogP contribution in [-0.2, 0) is 4.79 Å². The van der Waals surface area contributed by atoms with E-state index in [0.717, 1.165) is 26.9 Å². The van der Waals surface area contributed by atoms with Gasteiger partial charge in [0, 0.05) is 10.0 Å². The van der Waals surface area contributed by atoms with Gasteiger partial charge in [0.1, 0.15) is 11.5 Å². The summed E-state index contributed by atoms with van der Waals surface area (Å²) in [5.74, 6) is 0.526. The monoisotopic (exact) mass is 430 g/mol. The van der Waals surface area contributed by atoms with Gasteiger partial charge in [-0.15, -0.1) is 0 Å². The van der Waals surface area contributed by atoms with Gasteiger partial charge in [-0.1, -0.05) is 70.0 Å². The third-order valence-corrected chi connectivity index (χ3v) is 5.08. The molecule has 0 aliphatic carbocycles. The van der Waals surface area contributed by atoms with Crippen LogP contribution in [0.4, 0.5) is 5.69 Å². The van der Waals surface area contributed by atoms with Crippen LogP contribution in [0.1, 0.15) is 22.3 Å². The van der Waals surface area contributed by atoms with E-state index in [9.17, 15) is 4.79 Å². The normalized spacial score (nSPS) is 15.2. The van der Waals surface area contributed by atoms with Crippen molar-refractivity contribution in [2.24, 2.45) is 4.99 Å². The lowest BCUT2D eigenvalue weighted by Crippen LogP contribution is -2.32. The molecule has 3 nitrogen and oxygen atoms in total. The molecule has 1 aliphatic heterocycles. The second-order valence-corrected chi connectivity index (χ2v) is 7.78. The quantitative estimate of drug-likeness (QED) is 0.476. The van der Waals surface area contributed by atoms with Crippen LogP contribution in [-0.4, -0.2) is 11.7 Å². The van der Waals surface area contributed by atoms with Gasteiger partial charge in [0.2, 0.25) is 0 Å². The standard InChI is InChI=1S/C24H19BrN2O/c1-16-9-11-19(12-10-16)23-26-22(15-18-6-4-7-20(25)14-18)24(28)27(23)21-8-3-5-17(2)13-21/h3-15H,1-2H3/b22-15+. The summed E-state index contributed by atoms with van der Waals surface area (Å²) >= 11 is 3.48.